The van der Waals surface area contributed by atoms with Crippen LogP contribution in [-0.4, -0.2) is 9.97 Å². The van der Waals surface area contributed by atoms with Gasteiger partial charge in [0.1, 0.15) is 10.0 Å². The number of nitrogens with zero attached hydrogens (tertiary/aromatic N) is 2. The predicted molar refractivity (Wildman–Crippen MR) is 87.4 cm³/mol. The summed E-state index contributed by atoms with van der Waals surface area (Å²) in [6.45, 7) is 6.75. The lowest BCUT2D eigenvalue weighted by molar-refractivity contribution is 0.462. The van der Waals surface area contributed by atoms with E-state index in [1.54, 1.807) is 27.7 Å². The first-order valence-electron chi connectivity index (χ1n) is 6.97. The normalized spacial score (nSPS) is 11.3. The number of rotatable bonds is 2. The van der Waals surface area contributed by atoms with Crippen LogP contribution >= 0.6 is 22.7 Å². The molecule has 0 amide bonds. The van der Waals surface area contributed by atoms with Crippen LogP contribution in [0, 0.1) is 51.0 Å². The molecule has 0 bridgehead atoms. The van der Waals surface area contributed by atoms with Gasteiger partial charge in [0.05, 0.1) is 22.5 Å². The summed E-state index contributed by atoms with van der Waals surface area (Å²) >= 11 is 1.97. The van der Waals surface area contributed by atoms with Crippen molar-refractivity contribution in [3.8, 4) is 21.1 Å². The van der Waals surface area contributed by atoms with Crippen LogP contribution in [-0.2, 0) is 0 Å². The van der Waals surface area contributed by atoms with E-state index in [4.69, 9.17) is 0 Å². The van der Waals surface area contributed by atoms with Gasteiger partial charge in [-0.25, -0.2) is 27.5 Å². The lowest BCUT2D eigenvalue weighted by atomic mass is 10.1. The van der Waals surface area contributed by atoms with Gasteiger partial charge in [-0.05, 0) is 27.7 Å². The van der Waals surface area contributed by atoms with E-state index >= 15 is 0 Å². The molecule has 0 radical (unpaired) electrons. The first kappa shape index (κ1) is 17.0. The number of aryl methyl sites for hydroxylation is 4. The second-order valence-electron chi connectivity index (χ2n) is 5.33. The van der Waals surface area contributed by atoms with Crippen molar-refractivity contribution >= 4 is 22.7 Å². The van der Waals surface area contributed by atoms with Crippen LogP contribution in [0.15, 0.2) is 0 Å². The Morgan fingerprint density at radius 2 is 0.875 bits per heavy atom. The molecule has 24 heavy (non-hydrogen) atoms. The SMILES string of the molecule is Cc1nc(-c2c(F)c(F)c(-c3nc(C)c(C)s3)c(F)c2F)sc1C. The van der Waals surface area contributed by atoms with Crippen LogP contribution in [0.4, 0.5) is 17.6 Å². The summed E-state index contributed by atoms with van der Waals surface area (Å²) in [7, 11) is 0. The van der Waals surface area contributed by atoms with Crippen molar-refractivity contribution < 1.29 is 17.6 Å². The Hall–Kier alpha value is -1.80. The van der Waals surface area contributed by atoms with Gasteiger partial charge in [-0.15, -0.1) is 22.7 Å². The molecule has 2 aromatic heterocycles. The van der Waals surface area contributed by atoms with Gasteiger partial charge in [0.25, 0.3) is 0 Å². The van der Waals surface area contributed by atoms with Crippen LogP contribution in [0.5, 0.6) is 0 Å². The molecule has 0 unspecified atom stereocenters. The second kappa shape index (κ2) is 5.93. The van der Waals surface area contributed by atoms with Crippen LogP contribution in [0.25, 0.3) is 21.1 Å². The van der Waals surface area contributed by atoms with Gasteiger partial charge in [-0.1, -0.05) is 0 Å². The van der Waals surface area contributed by atoms with Crippen molar-refractivity contribution in [3.05, 3.63) is 44.4 Å². The van der Waals surface area contributed by atoms with E-state index in [0.717, 1.165) is 32.4 Å². The predicted octanol–water partition coefficient (Wildman–Crippen LogP) is 5.72. The molecule has 3 aromatic rings. The van der Waals surface area contributed by atoms with Crippen molar-refractivity contribution in [3.63, 3.8) is 0 Å². The van der Waals surface area contributed by atoms with Gasteiger partial charge < -0.3 is 0 Å². The molecular formula is C16H12F4N2S2. The summed E-state index contributed by atoms with van der Waals surface area (Å²) in [5.41, 5.74) is -0.436. The molecular weight excluding hydrogens is 360 g/mol. The summed E-state index contributed by atoms with van der Waals surface area (Å²) in [6.07, 6.45) is 0. The van der Waals surface area contributed by atoms with E-state index in [1.807, 2.05) is 0 Å². The highest BCUT2D eigenvalue weighted by atomic mass is 32.1. The van der Waals surface area contributed by atoms with Gasteiger partial charge in [-0.2, -0.15) is 0 Å². The zero-order valence-corrected chi connectivity index (χ0v) is 14.9. The van der Waals surface area contributed by atoms with Crippen molar-refractivity contribution in [1.29, 1.82) is 0 Å². The molecule has 0 aliphatic carbocycles. The molecule has 8 heteroatoms. The summed E-state index contributed by atoms with van der Waals surface area (Å²) in [4.78, 5) is 9.44. The fourth-order valence-electron chi connectivity index (χ4n) is 2.17. The minimum absolute atomic E-state index is 0.0872. The first-order valence-corrected chi connectivity index (χ1v) is 8.60. The minimum atomic E-state index is -1.46. The lowest BCUT2D eigenvalue weighted by Crippen LogP contribution is -2.03. The average Bonchev–Trinajstić information content (AvgIpc) is 3.01. The third-order valence-electron chi connectivity index (χ3n) is 3.75. The fourth-order valence-corrected chi connectivity index (χ4v) is 4.06. The third kappa shape index (κ3) is 2.53. The highest BCUT2D eigenvalue weighted by molar-refractivity contribution is 7.15. The highest BCUT2D eigenvalue weighted by Crippen LogP contribution is 2.40. The van der Waals surface area contributed by atoms with Crippen LogP contribution < -0.4 is 0 Å². The fraction of sp³-hybridized carbons (Fsp3) is 0.250. The summed E-state index contributed by atoms with van der Waals surface area (Å²) in [5, 5.41) is -0.174. The number of benzene rings is 1. The third-order valence-corrected chi connectivity index (χ3v) is 5.93. The second-order valence-corrected chi connectivity index (χ2v) is 7.73. The molecule has 0 N–H and O–H groups in total. The highest BCUT2D eigenvalue weighted by Gasteiger charge is 2.30. The largest absolute Gasteiger partial charge is 0.241 e. The van der Waals surface area contributed by atoms with Crippen molar-refractivity contribution in [1.82, 2.24) is 9.97 Å². The molecule has 0 spiro atoms. The number of hydrogen-bond donors (Lipinski definition) is 0. The molecule has 0 saturated heterocycles. The minimum Gasteiger partial charge on any atom is -0.241 e. The van der Waals surface area contributed by atoms with E-state index in [2.05, 4.69) is 9.97 Å². The van der Waals surface area contributed by atoms with Crippen LogP contribution in [0.3, 0.4) is 0 Å². The van der Waals surface area contributed by atoms with Crippen LogP contribution in [0.1, 0.15) is 21.1 Å². The number of hydrogen-bond acceptors (Lipinski definition) is 4. The van der Waals surface area contributed by atoms with Crippen LogP contribution in [0.2, 0.25) is 0 Å². The van der Waals surface area contributed by atoms with E-state index < -0.39 is 34.4 Å². The Kier molecular flexibility index (Phi) is 4.21. The Morgan fingerprint density at radius 1 is 0.583 bits per heavy atom. The maximum Gasteiger partial charge on any atom is 0.172 e. The number of aromatic nitrogens is 2. The number of halogens is 4. The lowest BCUT2D eigenvalue weighted by Gasteiger charge is -2.09. The van der Waals surface area contributed by atoms with Crippen molar-refractivity contribution in [2.75, 3.05) is 0 Å². The zero-order valence-electron chi connectivity index (χ0n) is 13.2. The smallest absolute Gasteiger partial charge is 0.172 e. The quantitative estimate of drug-likeness (QED) is 0.424. The van der Waals surface area contributed by atoms with Gasteiger partial charge in [0, 0.05) is 9.75 Å². The molecule has 2 heterocycles. The molecule has 0 aliphatic rings. The van der Waals surface area contributed by atoms with Crippen molar-refractivity contribution in [2.24, 2.45) is 0 Å². The standard InChI is InChI=1S/C16H12F4N2S2/c1-5-7(3)23-15(21-5)9-11(17)13(19)10(14(20)12(9)18)16-22-6(2)8(4)24-16/h1-4H3. The Labute approximate surface area is 143 Å². The summed E-state index contributed by atoms with van der Waals surface area (Å²) in [5.74, 6) is -5.82. The molecule has 0 fully saturated rings. The van der Waals surface area contributed by atoms with Gasteiger partial charge in [0.15, 0.2) is 23.3 Å². The first-order chi connectivity index (χ1) is 11.2. The van der Waals surface area contributed by atoms with Crippen molar-refractivity contribution in [2.45, 2.75) is 27.7 Å². The Morgan fingerprint density at radius 3 is 1.08 bits per heavy atom. The molecule has 3 rings (SSSR count). The molecule has 0 aliphatic heterocycles. The summed E-state index contributed by atoms with van der Waals surface area (Å²) < 4.78 is 57.9. The Bertz CT molecular complexity index is 814. The van der Waals surface area contributed by atoms with E-state index in [0.29, 0.717) is 11.4 Å². The van der Waals surface area contributed by atoms with Gasteiger partial charge >= 0.3 is 0 Å². The van der Waals surface area contributed by atoms with Gasteiger partial charge in [-0.3, -0.25) is 0 Å². The molecule has 0 atom stereocenters. The number of thiazole rings is 2. The molecule has 0 saturated carbocycles. The molecule has 2 nitrogen and oxygen atoms in total. The maximum atomic E-state index is 14.5. The zero-order chi connectivity index (χ0) is 17.8. The van der Waals surface area contributed by atoms with E-state index in [-0.39, 0.29) is 10.0 Å². The average molecular weight is 372 g/mol. The molecule has 126 valence electrons. The van der Waals surface area contributed by atoms with E-state index in [1.165, 1.54) is 0 Å². The molecule has 1 aromatic carbocycles. The van der Waals surface area contributed by atoms with E-state index in [9.17, 15) is 17.6 Å². The Balaban J connectivity index is 2.29. The summed E-state index contributed by atoms with van der Waals surface area (Å²) in [6, 6.07) is 0. The maximum absolute atomic E-state index is 14.5. The van der Waals surface area contributed by atoms with Gasteiger partial charge in [0.2, 0.25) is 0 Å². The monoisotopic (exact) mass is 372 g/mol. The topological polar surface area (TPSA) is 25.8 Å².